The van der Waals surface area contributed by atoms with Gasteiger partial charge >= 0.3 is 0 Å². The minimum Gasteiger partial charge on any atom is -0.316 e. The molecule has 1 nitrogen and oxygen atoms in total. The fourth-order valence-corrected chi connectivity index (χ4v) is 1.64. The highest BCUT2D eigenvalue weighted by Crippen LogP contribution is 2.17. The summed E-state index contributed by atoms with van der Waals surface area (Å²) in [5, 5.41) is 3.41. The number of rotatable bonds is 5. The van der Waals surface area contributed by atoms with E-state index in [-0.39, 0.29) is 0 Å². The molecule has 0 spiro atoms. The van der Waals surface area contributed by atoms with Crippen molar-refractivity contribution >= 4 is 15.9 Å². The van der Waals surface area contributed by atoms with Crippen LogP contribution in [0.1, 0.15) is 24.5 Å². The molecule has 1 aromatic rings. The molecule has 0 aromatic heterocycles. The SMILES string of the molecule is CCCNCCc1ccc(Br)c(C)c1. The Kier molecular flexibility index (Phi) is 5.20. The Hall–Kier alpha value is -0.340. The van der Waals surface area contributed by atoms with Crippen molar-refractivity contribution in [3.8, 4) is 0 Å². The smallest absolute Gasteiger partial charge is 0.0204 e. The van der Waals surface area contributed by atoms with Crippen LogP contribution in [0.25, 0.3) is 0 Å². The topological polar surface area (TPSA) is 12.0 Å². The summed E-state index contributed by atoms with van der Waals surface area (Å²) < 4.78 is 1.20. The van der Waals surface area contributed by atoms with E-state index in [1.54, 1.807) is 0 Å². The number of halogens is 1. The van der Waals surface area contributed by atoms with Crippen molar-refractivity contribution in [2.75, 3.05) is 13.1 Å². The molecule has 14 heavy (non-hydrogen) atoms. The molecule has 78 valence electrons. The lowest BCUT2D eigenvalue weighted by Crippen LogP contribution is -2.17. The molecule has 0 amide bonds. The highest BCUT2D eigenvalue weighted by atomic mass is 79.9. The van der Waals surface area contributed by atoms with Gasteiger partial charge in [0.1, 0.15) is 0 Å². The third kappa shape index (κ3) is 3.81. The average Bonchev–Trinajstić information content (AvgIpc) is 2.18. The number of nitrogens with one attached hydrogen (secondary N) is 1. The lowest BCUT2D eigenvalue weighted by atomic mass is 10.1. The predicted molar refractivity (Wildman–Crippen MR) is 65.7 cm³/mol. The summed E-state index contributed by atoms with van der Waals surface area (Å²) in [5.41, 5.74) is 2.73. The van der Waals surface area contributed by atoms with Gasteiger partial charge in [0.05, 0.1) is 0 Å². The maximum atomic E-state index is 3.51. The summed E-state index contributed by atoms with van der Waals surface area (Å²) >= 11 is 3.51. The number of hydrogen-bond donors (Lipinski definition) is 1. The van der Waals surface area contributed by atoms with Gasteiger partial charge in [0.25, 0.3) is 0 Å². The minimum absolute atomic E-state index is 1.08. The standard InChI is InChI=1S/C12H18BrN/c1-3-7-14-8-6-11-4-5-12(13)10(2)9-11/h4-5,9,14H,3,6-8H2,1-2H3. The quantitative estimate of drug-likeness (QED) is 0.797. The van der Waals surface area contributed by atoms with Gasteiger partial charge in [-0.2, -0.15) is 0 Å². The second kappa shape index (κ2) is 6.20. The first kappa shape index (κ1) is 11.7. The molecule has 0 unspecified atom stereocenters. The largest absolute Gasteiger partial charge is 0.316 e. The molecule has 0 bridgehead atoms. The molecule has 0 saturated carbocycles. The molecular formula is C12H18BrN. The zero-order valence-corrected chi connectivity index (χ0v) is 10.5. The average molecular weight is 256 g/mol. The second-order valence-electron chi connectivity index (χ2n) is 3.58. The summed E-state index contributed by atoms with van der Waals surface area (Å²) in [5.74, 6) is 0. The van der Waals surface area contributed by atoms with Gasteiger partial charge in [0.2, 0.25) is 0 Å². The van der Waals surface area contributed by atoms with Gasteiger partial charge in [-0.1, -0.05) is 35.0 Å². The summed E-state index contributed by atoms with van der Waals surface area (Å²) in [6, 6.07) is 6.56. The lowest BCUT2D eigenvalue weighted by molar-refractivity contribution is 0.671. The summed E-state index contributed by atoms with van der Waals surface area (Å²) in [6.07, 6.45) is 2.33. The Morgan fingerprint density at radius 2 is 2.07 bits per heavy atom. The molecule has 0 radical (unpaired) electrons. The van der Waals surface area contributed by atoms with Crippen molar-refractivity contribution in [2.24, 2.45) is 0 Å². The molecule has 0 aliphatic heterocycles. The summed E-state index contributed by atoms with van der Waals surface area (Å²) in [4.78, 5) is 0. The van der Waals surface area contributed by atoms with Crippen LogP contribution < -0.4 is 5.32 Å². The molecule has 0 aliphatic carbocycles. The van der Waals surface area contributed by atoms with Crippen molar-refractivity contribution in [3.05, 3.63) is 33.8 Å². The first-order valence-electron chi connectivity index (χ1n) is 5.19. The van der Waals surface area contributed by atoms with Crippen molar-refractivity contribution in [3.63, 3.8) is 0 Å². The minimum atomic E-state index is 1.08. The van der Waals surface area contributed by atoms with Crippen LogP contribution in [0.3, 0.4) is 0 Å². The molecule has 0 aliphatic rings. The van der Waals surface area contributed by atoms with Gasteiger partial charge in [-0.05, 0) is 50.0 Å². The molecule has 1 rings (SSSR count). The molecule has 0 atom stereocenters. The monoisotopic (exact) mass is 255 g/mol. The van der Waals surface area contributed by atoms with Crippen LogP contribution in [0, 0.1) is 6.92 Å². The van der Waals surface area contributed by atoms with E-state index in [1.165, 1.54) is 22.0 Å². The van der Waals surface area contributed by atoms with Crippen molar-refractivity contribution in [2.45, 2.75) is 26.7 Å². The highest BCUT2D eigenvalue weighted by molar-refractivity contribution is 9.10. The Morgan fingerprint density at radius 3 is 2.71 bits per heavy atom. The van der Waals surface area contributed by atoms with E-state index in [9.17, 15) is 0 Å². The maximum absolute atomic E-state index is 3.51. The zero-order valence-electron chi connectivity index (χ0n) is 8.94. The van der Waals surface area contributed by atoms with E-state index in [4.69, 9.17) is 0 Å². The fraction of sp³-hybridized carbons (Fsp3) is 0.500. The van der Waals surface area contributed by atoms with Crippen molar-refractivity contribution < 1.29 is 0 Å². The molecule has 1 N–H and O–H groups in total. The van der Waals surface area contributed by atoms with Crippen LogP contribution in [0.15, 0.2) is 22.7 Å². The van der Waals surface area contributed by atoms with Crippen LogP contribution >= 0.6 is 15.9 Å². The Labute approximate surface area is 95.0 Å². The van der Waals surface area contributed by atoms with E-state index in [0.717, 1.165) is 19.5 Å². The van der Waals surface area contributed by atoms with Gasteiger partial charge in [-0.3, -0.25) is 0 Å². The van der Waals surface area contributed by atoms with E-state index in [2.05, 4.69) is 53.3 Å². The zero-order chi connectivity index (χ0) is 10.4. The van der Waals surface area contributed by atoms with E-state index in [1.807, 2.05) is 0 Å². The second-order valence-corrected chi connectivity index (χ2v) is 4.44. The van der Waals surface area contributed by atoms with Gasteiger partial charge in [-0.15, -0.1) is 0 Å². The first-order chi connectivity index (χ1) is 6.74. The van der Waals surface area contributed by atoms with Crippen LogP contribution in [0.5, 0.6) is 0 Å². The number of hydrogen-bond acceptors (Lipinski definition) is 1. The number of benzene rings is 1. The highest BCUT2D eigenvalue weighted by Gasteiger charge is 1.96. The third-order valence-electron chi connectivity index (χ3n) is 2.24. The van der Waals surface area contributed by atoms with Crippen LogP contribution in [0.2, 0.25) is 0 Å². The van der Waals surface area contributed by atoms with Crippen LogP contribution in [0.4, 0.5) is 0 Å². The first-order valence-corrected chi connectivity index (χ1v) is 5.99. The van der Waals surface area contributed by atoms with Crippen LogP contribution in [-0.4, -0.2) is 13.1 Å². The lowest BCUT2D eigenvalue weighted by Gasteiger charge is -2.05. The third-order valence-corrected chi connectivity index (χ3v) is 3.13. The van der Waals surface area contributed by atoms with Gasteiger partial charge in [-0.25, -0.2) is 0 Å². The summed E-state index contributed by atoms with van der Waals surface area (Å²) in [7, 11) is 0. The Balaban J connectivity index is 2.39. The van der Waals surface area contributed by atoms with Crippen LogP contribution in [-0.2, 0) is 6.42 Å². The Bertz CT molecular complexity index is 284. The fourth-order valence-electron chi connectivity index (χ4n) is 1.40. The van der Waals surface area contributed by atoms with E-state index in [0.29, 0.717) is 0 Å². The number of aryl methyl sites for hydroxylation is 1. The maximum Gasteiger partial charge on any atom is 0.0204 e. The van der Waals surface area contributed by atoms with Crippen molar-refractivity contribution in [1.82, 2.24) is 5.32 Å². The molecule has 2 heteroatoms. The molecular weight excluding hydrogens is 238 g/mol. The van der Waals surface area contributed by atoms with E-state index < -0.39 is 0 Å². The predicted octanol–water partition coefficient (Wildman–Crippen LogP) is 3.30. The van der Waals surface area contributed by atoms with Gasteiger partial charge < -0.3 is 5.32 Å². The molecule has 0 saturated heterocycles. The van der Waals surface area contributed by atoms with Crippen molar-refractivity contribution in [1.29, 1.82) is 0 Å². The molecule has 0 fully saturated rings. The normalized spacial score (nSPS) is 10.5. The molecule has 1 aromatic carbocycles. The van der Waals surface area contributed by atoms with Gasteiger partial charge in [0.15, 0.2) is 0 Å². The Morgan fingerprint density at radius 1 is 1.29 bits per heavy atom. The van der Waals surface area contributed by atoms with Gasteiger partial charge in [0, 0.05) is 4.47 Å². The molecule has 0 heterocycles. The summed E-state index contributed by atoms with van der Waals surface area (Å²) in [6.45, 7) is 6.52. The van der Waals surface area contributed by atoms with E-state index >= 15 is 0 Å².